The zero-order chi connectivity index (χ0) is 29.2. The fraction of sp³-hybridized carbons (Fsp3) is 0.615. The second kappa shape index (κ2) is 17.7. The van der Waals surface area contributed by atoms with Gasteiger partial charge in [-0.05, 0) is 41.5 Å². The Morgan fingerprint density at radius 1 is 0.692 bits per heavy atom. The van der Waals surface area contributed by atoms with E-state index in [9.17, 15) is 19.2 Å². The van der Waals surface area contributed by atoms with Crippen molar-refractivity contribution in [2.24, 2.45) is 0 Å². The molecule has 4 amide bonds. The second-order valence-electron chi connectivity index (χ2n) is 9.58. The summed E-state index contributed by atoms with van der Waals surface area (Å²) in [5, 5.41) is 15.4. The number of halogens is 2. The fourth-order valence-electron chi connectivity index (χ4n) is 3.42. The molecule has 222 valence electrons. The van der Waals surface area contributed by atoms with E-state index < -0.39 is 34.7 Å². The van der Waals surface area contributed by atoms with Crippen molar-refractivity contribution in [1.29, 1.82) is 0 Å². The Hall–Kier alpha value is -1.88. The smallest absolute Gasteiger partial charge is 0.644 e. The van der Waals surface area contributed by atoms with E-state index in [-0.39, 0.29) is 44.0 Å². The maximum atomic E-state index is 12.5. The molecule has 0 radical (unpaired) electrons. The van der Waals surface area contributed by atoms with E-state index in [1.165, 1.54) is 84.3 Å². The van der Waals surface area contributed by atoms with Gasteiger partial charge in [0.1, 0.15) is 0 Å². The molecule has 0 aliphatic carbocycles. The quantitative estimate of drug-likeness (QED) is 0.213. The molecule has 39 heavy (non-hydrogen) atoms. The molecule has 2 N–H and O–H groups in total. The zero-order valence-electron chi connectivity index (χ0n) is 24.5. The molecular weight excluding hydrogens is 589 g/mol. The summed E-state index contributed by atoms with van der Waals surface area (Å²) in [6, 6.07) is 2.54. The number of carbonyl (C=O) groups excluding carboxylic acids is 4. The predicted octanol–water partition coefficient (Wildman–Crippen LogP) is 6.51. The monoisotopic (exact) mass is 630 g/mol. The molecule has 0 aliphatic rings. The number of amides is 4. The number of benzene rings is 1. The molecule has 13 heteroatoms. The van der Waals surface area contributed by atoms with Crippen LogP contribution in [-0.2, 0) is 36.2 Å². The Balaban J connectivity index is -0.00000101. The Morgan fingerprint density at radius 3 is 1.13 bits per heavy atom. The van der Waals surface area contributed by atoms with Gasteiger partial charge < -0.3 is 50.4 Å². The summed E-state index contributed by atoms with van der Waals surface area (Å²) < 4.78 is 1.28. The Bertz CT molecular complexity index is 901. The van der Waals surface area contributed by atoms with Crippen LogP contribution in [0.15, 0.2) is 12.1 Å². The van der Waals surface area contributed by atoms with Gasteiger partial charge in [0, 0.05) is 23.6 Å². The average Bonchev–Trinajstić information content (AvgIpc) is 2.77. The summed E-state index contributed by atoms with van der Waals surface area (Å²) in [5.74, 6) is -2.54. The van der Waals surface area contributed by atoms with Crippen LogP contribution in [-0.4, -0.2) is 70.8 Å². The van der Waals surface area contributed by atoms with Crippen LogP contribution in [0.5, 0.6) is 0 Å². The number of carbonyl (C=O) groups is 4. The molecule has 0 bridgehead atoms. The minimum absolute atomic E-state index is 0. The average molecular weight is 631 g/mol. The van der Waals surface area contributed by atoms with E-state index in [1.807, 2.05) is 0 Å². The first-order valence-corrected chi connectivity index (χ1v) is 13.0. The molecule has 0 saturated heterocycles. The molecule has 0 fully saturated rings. The second-order valence-corrected chi connectivity index (χ2v) is 10.4. The van der Waals surface area contributed by atoms with Crippen LogP contribution in [0.1, 0.15) is 69.2 Å². The summed E-state index contributed by atoms with van der Waals surface area (Å²) in [6.07, 6.45) is 0. The van der Waals surface area contributed by atoms with Crippen molar-refractivity contribution in [3.63, 3.8) is 0 Å². The molecule has 0 spiro atoms. The molecule has 0 saturated carbocycles. The van der Waals surface area contributed by atoms with Crippen LogP contribution < -0.4 is 0 Å². The Kier molecular flexibility index (Phi) is 18.9. The van der Waals surface area contributed by atoms with Crippen LogP contribution in [0.2, 0.25) is 10.0 Å². The number of hydrogen-bond donors (Lipinski definition) is 0. The van der Waals surface area contributed by atoms with Crippen molar-refractivity contribution in [2.75, 3.05) is 26.2 Å². The van der Waals surface area contributed by atoms with E-state index in [0.717, 1.165) is 0 Å². The van der Waals surface area contributed by atoms with Crippen molar-refractivity contribution in [3.8, 4) is 0 Å². The van der Waals surface area contributed by atoms with Crippen LogP contribution >= 0.6 is 23.2 Å². The molecule has 1 rings (SSSR count). The Morgan fingerprint density at radius 2 is 0.949 bits per heavy atom. The fourth-order valence-corrected chi connectivity index (χ4v) is 3.74. The van der Waals surface area contributed by atoms with Crippen molar-refractivity contribution in [2.45, 2.75) is 80.3 Å². The van der Waals surface area contributed by atoms with Crippen LogP contribution in [0.3, 0.4) is 0 Å². The number of hydrogen-bond acceptors (Lipinski definition) is 4. The molecule has 0 atom stereocenters. The van der Waals surface area contributed by atoms with Gasteiger partial charge >= 0.3 is 17.1 Å². The van der Waals surface area contributed by atoms with E-state index in [2.05, 4.69) is 49.0 Å². The predicted molar refractivity (Wildman–Crippen MR) is 155 cm³/mol. The SMILES string of the molecule is CC(=O)[N-]C(C)(C)C(=O)[N-]c1cc(Cl)c(Cl)cc1[N-]C(=O)C(C)(C)[N-]C(C)=O.CC[N+](CC)(CC)CC.O.[Fe+4]. The molecule has 0 aromatic heterocycles. The van der Waals surface area contributed by atoms with Crippen LogP contribution in [0.4, 0.5) is 11.4 Å². The Labute approximate surface area is 253 Å². The summed E-state index contributed by atoms with van der Waals surface area (Å²) >= 11 is 12.0. The summed E-state index contributed by atoms with van der Waals surface area (Å²) in [6.45, 7) is 22.4. The largest absolute Gasteiger partial charge is 4.00 e. The maximum Gasteiger partial charge on any atom is 4.00 e. The number of quaternary nitrogens is 1. The van der Waals surface area contributed by atoms with Gasteiger partial charge in [0.2, 0.25) is 0 Å². The van der Waals surface area contributed by atoms with E-state index >= 15 is 0 Å². The van der Waals surface area contributed by atoms with Gasteiger partial charge in [-0.3, -0.25) is 0 Å². The van der Waals surface area contributed by atoms with Gasteiger partial charge in [-0.2, -0.15) is 0 Å². The molecule has 1 aromatic carbocycles. The third kappa shape index (κ3) is 13.4. The molecular formula is C26H42Cl2FeN5O5+. The summed E-state index contributed by atoms with van der Waals surface area (Å²) in [5.41, 5.74) is -2.89. The third-order valence-corrected chi connectivity index (χ3v) is 6.79. The molecule has 1 aromatic rings. The molecule has 0 unspecified atom stereocenters. The third-order valence-electron chi connectivity index (χ3n) is 6.07. The number of nitrogens with zero attached hydrogens (tertiary/aromatic N) is 5. The van der Waals surface area contributed by atoms with Crippen LogP contribution in [0.25, 0.3) is 21.3 Å². The van der Waals surface area contributed by atoms with Gasteiger partial charge in [0.25, 0.3) is 0 Å². The first-order valence-electron chi connectivity index (χ1n) is 12.2. The normalized spacial score (nSPS) is 11.0. The van der Waals surface area contributed by atoms with E-state index in [4.69, 9.17) is 23.2 Å². The van der Waals surface area contributed by atoms with Gasteiger partial charge in [-0.15, -0.1) is 11.4 Å². The first-order chi connectivity index (χ1) is 16.9. The topological polar surface area (TPSA) is 156 Å². The van der Waals surface area contributed by atoms with Gasteiger partial charge in [0.05, 0.1) is 36.2 Å². The first kappa shape index (κ1) is 41.6. The summed E-state index contributed by atoms with van der Waals surface area (Å²) in [7, 11) is 0. The van der Waals surface area contributed by atoms with E-state index in [0.29, 0.717) is 0 Å². The van der Waals surface area contributed by atoms with Crippen molar-refractivity contribution in [3.05, 3.63) is 43.4 Å². The molecule has 10 nitrogen and oxygen atoms in total. The van der Waals surface area contributed by atoms with Gasteiger partial charge in [-0.1, -0.05) is 74.1 Å². The van der Waals surface area contributed by atoms with Gasteiger partial charge in [0.15, 0.2) is 0 Å². The van der Waals surface area contributed by atoms with Gasteiger partial charge in [-0.25, -0.2) is 0 Å². The molecule has 0 aliphatic heterocycles. The van der Waals surface area contributed by atoms with Crippen molar-refractivity contribution >= 4 is 58.2 Å². The van der Waals surface area contributed by atoms with Crippen molar-refractivity contribution < 1.29 is 46.2 Å². The maximum absolute atomic E-state index is 12.5. The van der Waals surface area contributed by atoms with Crippen LogP contribution in [0, 0.1) is 0 Å². The minimum atomic E-state index is -1.41. The number of rotatable bonds is 10. The van der Waals surface area contributed by atoms with E-state index in [1.54, 1.807) is 0 Å². The molecule has 0 heterocycles. The minimum Gasteiger partial charge on any atom is -0.644 e. The standard InChI is InChI=1S/C18H24Cl2N4O4.C8H20N.Fe.H2O/c1-9(25)23-17(3,4)15(27)21-13-7-11(19)12(20)8-14(13)22-16(28)18(5,6)24-10(2)26;1-5-9(6-2,7-3)8-4;;/h7-8H,1-6H3,(H4,21,22,23,24,25,26,27,28);5-8H2,1-4H3;;1H2/q;+1;+4;/p-4. The van der Waals surface area contributed by atoms with Crippen molar-refractivity contribution in [1.82, 2.24) is 0 Å². The zero-order valence-corrected chi connectivity index (χ0v) is 27.1. The summed E-state index contributed by atoms with van der Waals surface area (Å²) in [4.78, 5) is 47.4.